The van der Waals surface area contributed by atoms with Crippen molar-refractivity contribution < 1.29 is 9.84 Å². The standard InChI is InChI=1S/C12H24O2/c1-10(2)9-12(3,13)7-6-11-5-4-8-14-11/h10-11,13H,4-9H2,1-3H3. The monoisotopic (exact) mass is 200 g/mol. The Labute approximate surface area is 87.7 Å². The van der Waals surface area contributed by atoms with Gasteiger partial charge in [-0.15, -0.1) is 0 Å². The van der Waals surface area contributed by atoms with Gasteiger partial charge < -0.3 is 9.84 Å². The van der Waals surface area contributed by atoms with Crippen molar-refractivity contribution in [2.24, 2.45) is 5.92 Å². The van der Waals surface area contributed by atoms with Crippen LogP contribution in [0.5, 0.6) is 0 Å². The number of aliphatic hydroxyl groups is 1. The van der Waals surface area contributed by atoms with Crippen LogP contribution in [0.1, 0.15) is 52.9 Å². The Morgan fingerprint density at radius 1 is 1.50 bits per heavy atom. The Hall–Kier alpha value is -0.0800. The number of ether oxygens (including phenoxy) is 1. The maximum Gasteiger partial charge on any atom is 0.0623 e. The van der Waals surface area contributed by atoms with E-state index < -0.39 is 5.60 Å². The van der Waals surface area contributed by atoms with E-state index in [0.29, 0.717) is 12.0 Å². The van der Waals surface area contributed by atoms with Crippen molar-refractivity contribution >= 4 is 0 Å². The van der Waals surface area contributed by atoms with Crippen LogP contribution in [0.15, 0.2) is 0 Å². The minimum absolute atomic E-state index is 0.411. The highest BCUT2D eigenvalue weighted by Gasteiger charge is 2.24. The van der Waals surface area contributed by atoms with Gasteiger partial charge in [-0.2, -0.15) is 0 Å². The molecule has 1 N–H and O–H groups in total. The minimum atomic E-state index is -0.500. The van der Waals surface area contributed by atoms with E-state index in [0.717, 1.165) is 25.9 Å². The lowest BCUT2D eigenvalue weighted by atomic mass is 9.89. The molecule has 0 radical (unpaired) electrons. The van der Waals surface area contributed by atoms with E-state index in [9.17, 15) is 5.11 Å². The summed E-state index contributed by atoms with van der Waals surface area (Å²) in [7, 11) is 0. The largest absolute Gasteiger partial charge is 0.390 e. The third-order valence-electron chi connectivity index (χ3n) is 2.88. The van der Waals surface area contributed by atoms with Gasteiger partial charge in [-0.05, 0) is 44.9 Å². The SMILES string of the molecule is CC(C)CC(C)(O)CCC1CCCO1. The van der Waals surface area contributed by atoms with E-state index in [1.807, 2.05) is 6.92 Å². The Morgan fingerprint density at radius 2 is 2.21 bits per heavy atom. The zero-order chi connectivity index (χ0) is 10.6. The lowest BCUT2D eigenvalue weighted by molar-refractivity contribution is 0.00964. The predicted octanol–water partition coefficient (Wildman–Crippen LogP) is 2.74. The number of hydrogen-bond donors (Lipinski definition) is 1. The van der Waals surface area contributed by atoms with Gasteiger partial charge in [-0.25, -0.2) is 0 Å². The molecule has 1 fully saturated rings. The summed E-state index contributed by atoms with van der Waals surface area (Å²) in [4.78, 5) is 0. The molecule has 1 rings (SSSR count). The van der Waals surface area contributed by atoms with Crippen LogP contribution in [0.2, 0.25) is 0 Å². The van der Waals surface area contributed by atoms with Crippen LogP contribution in [-0.4, -0.2) is 23.4 Å². The van der Waals surface area contributed by atoms with Crippen LogP contribution < -0.4 is 0 Å². The molecule has 0 aromatic rings. The Morgan fingerprint density at radius 3 is 2.71 bits per heavy atom. The van der Waals surface area contributed by atoms with E-state index in [1.165, 1.54) is 12.8 Å². The van der Waals surface area contributed by atoms with Crippen LogP contribution in [-0.2, 0) is 4.74 Å². The van der Waals surface area contributed by atoms with E-state index in [2.05, 4.69) is 13.8 Å². The Bertz CT molecular complexity index is 158. The number of hydrogen-bond acceptors (Lipinski definition) is 2. The first-order valence-electron chi connectivity index (χ1n) is 5.83. The van der Waals surface area contributed by atoms with Crippen LogP contribution in [0.4, 0.5) is 0 Å². The van der Waals surface area contributed by atoms with Crippen molar-refractivity contribution in [1.29, 1.82) is 0 Å². The molecule has 2 atom stereocenters. The molecule has 1 aliphatic rings. The van der Waals surface area contributed by atoms with Gasteiger partial charge in [-0.3, -0.25) is 0 Å². The fourth-order valence-corrected chi connectivity index (χ4v) is 2.33. The van der Waals surface area contributed by atoms with E-state index in [1.54, 1.807) is 0 Å². The van der Waals surface area contributed by atoms with Crippen molar-refractivity contribution in [3.05, 3.63) is 0 Å². The molecule has 0 aromatic heterocycles. The first-order valence-corrected chi connectivity index (χ1v) is 5.83. The summed E-state index contributed by atoms with van der Waals surface area (Å²) in [6, 6.07) is 0. The Kier molecular flexibility index (Phi) is 4.39. The molecule has 84 valence electrons. The van der Waals surface area contributed by atoms with Gasteiger partial charge in [0.2, 0.25) is 0 Å². The van der Waals surface area contributed by atoms with Gasteiger partial charge >= 0.3 is 0 Å². The molecular formula is C12H24O2. The van der Waals surface area contributed by atoms with E-state index >= 15 is 0 Å². The molecular weight excluding hydrogens is 176 g/mol. The quantitative estimate of drug-likeness (QED) is 0.739. The molecule has 0 amide bonds. The summed E-state index contributed by atoms with van der Waals surface area (Å²) in [6.45, 7) is 7.17. The van der Waals surface area contributed by atoms with Gasteiger partial charge in [0.1, 0.15) is 0 Å². The maximum absolute atomic E-state index is 10.1. The molecule has 1 saturated heterocycles. The second-order valence-corrected chi connectivity index (χ2v) is 5.27. The highest BCUT2D eigenvalue weighted by molar-refractivity contribution is 4.77. The van der Waals surface area contributed by atoms with Crippen molar-refractivity contribution in [1.82, 2.24) is 0 Å². The summed E-state index contributed by atoms with van der Waals surface area (Å²) in [5.41, 5.74) is -0.500. The van der Waals surface area contributed by atoms with Gasteiger partial charge in [-0.1, -0.05) is 13.8 Å². The molecule has 0 spiro atoms. The van der Waals surface area contributed by atoms with Gasteiger partial charge in [0.05, 0.1) is 11.7 Å². The van der Waals surface area contributed by atoms with Gasteiger partial charge in [0, 0.05) is 6.61 Å². The third-order valence-corrected chi connectivity index (χ3v) is 2.88. The summed E-state index contributed by atoms with van der Waals surface area (Å²) < 4.78 is 5.54. The predicted molar refractivity (Wildman–Crippen MR) is 58.3 cm³/mol. The third kappa shape index (κ3) is 4.43. The first-order chi connectivity index (χ1) is 6.49. The fraction of sp³-hybridized carbons (Fsp3) is 1.00. The molecule has 1 aliphatic heterocycles. The van der Waals surface area contributed by atoms with Crippen molar-refractivity contribution in [2.45, 2.75) is 64.6 Å². The summed E-state index contributed by atoms with van der Waals surface area (Å²) >= 11 is 0. The Balaban J connectivity index is 2.20. The van der Waals surface area contributed by atoms with Gasteiger partial charge in [0.15, 0.2) is 0 Å². The molecule has 0 aliphatic carbocycles. The highest BCUT2D eigenvalue weighted by Crippen LogP contribution is 2.25. The van der Waals surface area contributed by atoms with Crippen LogP contribution in [0.25, 0.3) is 0 Å². The summed E-state index contributed by atoms with van der Waals surface area (Å²) in [5, 5.41) is 10.1. The lowest BCUT2D eigenvalue weighted by Gasteiger charge is -2.26. The van der Waals surface area contributed by atoms with E-state index in [4.69, 9.17) is 4.74 Å². The lowest BCUT2D eigenvalue weighted by Crippen LogP contribution is -2.27. The maximum atomic E-state index is 10.1. The van der Waals surface area contributed by atoms with Crippen LogP contribution in [0.3, 0.4) is 0 Å². The number of rotatable bonds is 5. The zero-order valence-electron chi connectivity index (χ0n) is 9.75. The fourth-order valence-electron chi connectivity index (χ4n) is 2.33. The van der Waals surface area contributed by atoms with Crippen LogP contribution >= 0.6 is 0 Å². The molecule has 14 heavy (non-hydrogen) atoms. The molecule has 2 unspecified atom stereocenters. The molecule has 1 heterocycles. The molecule has 2 heteroatoms. The first kappa shape index (κ1) is 12.0. The second-order valence-electron chi connectivity index (χ2n) is 5.27. The smallest absolute Gasteiger partial charge is 0.0623 e. The normalized spacial score (nSPS) is 26.8. The van der Waals surface area contributed by atoms with Crippen molar-refractivity contribution in [3.63, 3.8) is 0 Å². The summed E-state index contributed by atoms with van der Waals surface area (Å²) in [5.74, 6) is 0.564. The average molecular weight is 200 g/mol. The van der Waals surface area contributed by atoms with Crippen LogP contribution in [0, 0.1) is 5.92 Å². The molecule has 0 aromatic carbocycles. The van der Waals surface area contributed by atoms with E-state index in [-0.39, 0.29) is 0 Å². The summed E-state index contributed by atoms with van der Waals surface area (Å²) in [6.07, 6.45) is 5.55. The van der Waals surface area contributed by atoms with Crippen molar-refractivity contribution in [3.8, 4) is 0 Å². The van der Waals surface area contributed by atoms with Gasteiger partial charge in [0.25, 0.3) is 0 Å². The highest BCUT2D eigenvalue weighted by atomic mass is 16.5. The van der Waals surface area contributed by atoms with Crippen molar-refractivity contribution in [2.75, 3.05) is 6.61 Å². The molecule has 2 nitrogen and oxygen atoms in total. The minimum Gasteiger partial charge on any atom is -0.390 e. The zero-order valence-corrected chi connectivity index (χ0v) is 9.75. The topological polar surface area (TPSA) is 29.5 Å². The molecule has 0 saturated carbocycles. The second kappa shape index (κ2) is 5.13. The average Bonchev–Trinajstić information content (AvgIpc) is 2.50. The molecule has 0 bridgehead atoms.